The van der Waals surface area contributed by atoms with Crippen molar-refractivity contribution in [2.24, 2.45) is 0 Å². The van der Waals surface area contributed by atoms with Gasteiger partial charge in [-0.25, -0.2) is 0 Å². The average molecular weight is 255 g/mol. The predicted octanol–water partition coefficient (Wildman–Crippen LogP) is 3.60. The summed E-state index contributed by atoms with van der Waals surface area (Å²) < 4.78 is 37.1. The third kappa shape index (κ3) is 4.42. The van der Waals surface area contributed by atoms with Gasteiger partial charge in [0.2, 0.25) is 0 Å². The Morgan fingerprint density at radius 3 is 2.33 bits per heavy atom. The summed E-state index contributed by atoms with van der Waals surface area (Å²) in [6, 6.07) is 5.37. The zero-order valence-corrected chi connectivity index (χ0v) is 10.2. The Morgan fingerprint density at radius 2 is 1.89 bits per heavy atom. The maximum Gasteiger partial charge on any atom is 0.416 e. The second-order valence-corrected chi connectivity index (χ2v) is 4.09. The van der Waals surface area contributed by atoms with Gasteiger partial charge in [-0.3, -0.25) is 0 Å². The van der Waals surface area contributed by atoms with Gasteiger partial charge in [-0.05, 0) is 24.1 Å². The minimum atomic E-state index is -4.28. The third-order valence-electron chi connectivity index (χ3n) is 2.73. The summed E-state index contributed by atoms with van der Waals surface area (Å²) in [6.45, 7) is 2.54. The van der Waals surface area contributed by atoms with Crippen LogP contribution in [0, 0.1) is 12.3 Å². The van der Waals surface area contributed by atoms with Crippen molar-refractivity contribution < 1.29 is 13.2 Å². The molecular formula is C14H16F3N. The fraction of sp³-hybridized carbons (Fsp3) is 0.429. The van der Waals surface area contributed by atoms with Crippen LogP contribution in [0.5, 0.6) is 0 Å². The first-order valence-electron chi connectivity index (χ1n) is 5.80. The van der Waals surface area contributed by atoms with Gasteiger partial charge in [-0.1, -0.05) is 19.1 Å². The summed E-state index contributed by atoms with van der Waals surface area (Å²) in [5.41, 5.74) is 0.195. The summed E-state index contributed by atoms with van der Waals surface area (Å²) in [6.07, 6.45) is 2.47. The summed E-state index contributed by atoms with van der Waals surface area (Å²) in [4.78, 5) is 0. The molecule has 0 aromatic heterocycles. The van der Waals surface area contributed by atoms with E-state index in [1.807, 2.05) is 6.92 Å². The molecule has 0 saturated carbocycles. The molecule has 0 heterocycles. The second kappa shape index (κ2) is 6.46. The number of nitrogens with one attached hydrogen (secondary N) is 1. The van der Waals surface area contributed by atoms with Gasteiger partial charge >= 0.3 is 6.18 Å². The lowest BCUT2D eigenvalue weighted by atomic mass is 10.1. The first-order valence-corrected chi connectivity index (χ1v) is 5.80. The lowest BCUT2D eigenvalue weighted by Crippen LogP contribution is -2.27. The van der Waals surface area contributed by atoms with E-state index >= 15 is 0 Å². The van der Waals surface area contributed by atoms with Gasteiger partial charge in [0.15, 0.2) is 0 Å². The van der Waals surface area contributed by atoms with Crippen LogP contribution in [0.1, 0.15) is 30.9 Å². The highest BCUT2D eigenvalue weighted by Gasteiger charge is 2.29. The largest absolute Gasteiger partial charge is 0.416 e. The van der Waals surface area contributed by atoms with E-state index in [0.717, 1.165) is 24.1 Å². The molecule has 0 fully saturated rings. The molecule has 0 aliphatic heterocycles. The van der Waals surface area contributed by atoms with E-state index in [1.165, 1.54) is 12.1 Å². The zero-order valence-electron chi connectivity index (χ0n) is 10.2. The van der Waals surface area contributed by atoms with Crippen molar-refractivity contribution in [2.45, 2.75) is 38.5 Å². The van der Waals surface area contributed by atoms with Crippen LogP contribution in [0.3, 0.4) is 0 Å². The molecule has 18 heavy (non-hydrogen) atoms. The molecule has 4 heteroatoms. The van der Waals surface area contributed by atoms with Gasteiger partial charge in [0.05, 0.1) is 5.56 Å². The molecule has 0 aliphatic carbocycles. The molecular weight excluding hydrogens is 239 g/mol. The van der Waals surface area contributed by atoms with Crippen molar-refractivity contribution in [2.75, 3.05) is 0 Å². The predicted molar refractivity (Wildman–Crippen MR) is 65.8 cm³/mol. The molecule has 1 atom stereocenters. The maximum absolute atomic E-state index is 12.4. The Balaban J connectivity index is 2.57. The molecule has 98 valence electrons. The van der Waals surface area contributed by atoms with Crippen molar-refractivity contribution in [1.82, 2.24) is 5.32 Å². The van der Waals surface area contributed by atoms with E-state index < -0.39 is 11.7 Å². The molecule has 0 spiro atoms. The monoisotopic (exact) mass is 255 g/mol. The van der Waals surface area contributed by atoms with Gasteiger partial charge in [-0.15, -0.1) is 12.3 Å². The maximum atomic E-state index is 12.4. The number of rotatable bonds is 5. The van der Waals surface area contributed by atoms with Crippen LogP contribution >= 0.6 is 0 Å². The second-order valence-electron chi connectivity index (χ2n) is 4.09. The van der Waals surface area contributed by atoms with E-state index in [-0.39, 0.29) is 6.04 Å². The highest BCUT2D eigenvalue weighted by molar-refractivity contribution is 5.24. The number of hydrogen-bond donors (Lipinski definition) is 1. The van der Waals surface area contributed by atoms with Crippen LogP contribution in [0.15, 0.2) is 24.3 Å². The van der Waals surface area contributed by atoms with E-state index in [9.17, 15) is 13.2 Å². The summed E-state index contributed by atoms with van der Waals surface area (Å²) in [7, 11) is 0. The first kappa shape index (κ1) is 14.6. The molecule has 1 unspecified atom stereocenters. The lowest BCUT2D eigenvalue weighted by Gasteiger charge is -2.14. The number of terminal acetylenes is 1. The molecule has 1 rings (SSSR count). The molecule has 0 saturated heterocycles. The van der Waals surface area contributed by atoms with Crippen LogP contribution in [0.2, 0.25) is 0 Å². The summed E-state index contributed by atoms with van der Waals surface area (Å²) in [5.74, 6) is 2.57. The van der Waals surface area contributed by atoms with Crippen LogP contribution in [-0.2, 0) is 12.7 Å². The van der Waals surface area contributed by atoms with E-state index in [4.69, 9.17) is 6.42 Å². The zero-order chi connectivity index (χ0) is 13.6. The SMILES string of the molecule is C#CCC(CC)NCc1ccc(C(F)(F)F)cc1. The van der Waals surface area contributed by atoms with Gasteiger partial charge < -0.3 is 5.32 Å². The normalized spacial score (nSPS) is 13.1. The average Bonchev–Trinajstić information content (AvgIpc) is 2.34. The smallest absolute Gasteiger partial charge is 0.309 e. The summed E-state index contributed by atoms with van der Waals surface area (Å²) >= 11 is 0. The topological polar surface area (TPSA) is 12.0 Å². The standard InChI is InChI=1S/C14H16F3N/c1-3-5-13(4-2)18-10-11-6-8-12(9-7-11)14(15,16)17/h1,6-9,13,18H,4-5,10H2,2H3. The fourth-order valence-electron chi connectivity index (χ4n) is 1.58. The Hall–Kier alpha value is -1.47. The van der Waals surface area contributed by atoms with E-state index in [0.29, 0.717) is 13.0 Å². The number of hydrogen-bond acceptors (Lipinski definition) is 1. The quantitative estimate of drug-likeness (QED) is 0.793. The molecule has 1 aromatic rings. The minimum Gasteiger partial charge on any atom is -0.309 e. The van der Waals surface area contributed by atoms with Gasteiger partial charge in [-0.2, -0.15) is 13.2 Å². The number of alkyl halides is 3. The Bertz CT molecular complexity index is 401. The minimum absolute atomic E-state index is 0.206. The molecule has 0 bridgehead atoms. The molecule has 1 N–H and O–H groups in total. The molecule has 0 amide bonds. The summed E-state index contributed by atoms with van der Waals surface area (Å²) in [5, 5.41) is 3.22. The van der Waals surface area contributed by atoms with Gasteiger partial charge in [0, 0.05) is 19.0 Å². The molecule has 0 aliphatic rings. The fourth-order valence-corrected chi connectivity index (χ4v) is 1.58. The van der Waals surface area contributed by atoms with Crippen molar-refractivity contribution in [3.05, 3.63) is 35.4 Å². The van der Waals surface area contributed by atoms with Crippen molar-refractivity contribution >= 4 is 0 Å². The molecule has 1 aromatic carbocycles. The molecule has 1 nitrogen and oxygen atoms in total. The number of halogens is 3. The Kier molecular flexibility index (Phi) is 5.24. The van der Waals surface area contributed by atoms with Crippen molar-refractivity contribution in [1.29, 1.82) is 0 Å². The van der Waals surface area contributed by atoms with Crippen LogP contribution in [0.4, 0.5) is 13.2 Å². The Labute approximate surface area is 105 Å². The van der Waals surface area contributed by atoms with Crippen LogP contribution < -0.4 is 5.32 Å². The van der Waals surface area contributed by atoms with E-state index in [2.05, 4.69) is 11.2 Å². The highest BCUT2D eigenvalue weighted by Crippen LogP contribution is 2.29. The van der Waals surface area contributed by atoms with E-state index in [1.54, 1.807) is 0 Å². The van der Waals surface area contributed by atoms with Crippen molar-refractivity contribution in [3.63, 3.8) is 0 Å². The van der Waals surface area contributed by atoms with Crippen LogP contribution in [-0.4, -0.2) is 6.04 Å². The molecule has 0 radical (unpaired) electrons. The Morgan fingerprint density at radius 1 is 1.28 bits per heavy atom. The first-order chi connectivity index (χ1) is 8.47. The number of benzene rings is 1. The van der Waals surface area contributed by atoms with Crippen molar-refractivity contribution in [3.8, 4) is 12.3 Å². The van der Waals surface area contributed by atoms with Gasteiger partial charge in [0.1, 0.15) is 0 Å². The third-order valence-corrected chi connectivity index (χ3v) is 2.73. The lowest BCUT2D eigenvalue weighted by molar-refractivity contribution is -0.137. The van der Waals surface area contributed by atoms with Crippen LogP contribution in [0.25, 0.3) is 0 Å². The highest BCUT2D eigenvalue weighted by atomic mass is 19.4. The van der Waals surface area contributed by atoms with Gasteiger partial charge in [0.25, 0.3) is 0 Å².